The van der Waals surface area contributed by atoms with Crippen molar-refractivity contribution in [1.82, 2.24) is 24.3 Å². The summed E-state index contributed by atoms with van der Waals surface area (Å²) in [7, 11) is 0. The van der Waals surface area contributed by atoms with Crippen molar-refractivity contribution in [1.29, 1.82) is 0 Å². The number of nitrogens with zero attached hydrogens (tertiary/aromatic N) is 5. The van der Waals surface area contributed by atoms with Gasteiger partial charge < -0.3 is 4.40 Å². The van der Waals surface area contributed by atoms with Gasteiger partial charge in [0.2, 0.25) is 0 Å². The minimum Gasteiger partial charge on any atom is -0.305 e. The molecule has 0 radical (unpaired) electrons. The number of halogens is 1. The van der Waals surface area contributed by atoms with Crippen molar-refractivity contribution in [3.05, 3.63) is 59.0 Å². The summed E-state index contributed by atoms with van der Waals surface area (Å²) in [6.45, 7) is 2.68. The van der Waals surface area contributed by atoms with E-state index in [0.29, 0.717) is 0 Å². The summed E-state index contributed by atoms with van der Waals surface area (Å²) >= 11 is 6.00. The molecule has 0 amide bonds. The lowest BCUT2D eigenvalue weighted by Gasteiger charge is -2.26. The zero-order valence-corrected chi connectivity index (χ0v) is 12.2. The highest BCUT2D eigenvalue weighted by Gasteiger charge is 2.18. The molecule has 5 nitrogen and oxygen atoms in total. The largest absolute Gasteiger partial charge is 0.305 e. The second kappa shape index (κ2) is 5.09. The lowest BCUT2D eigenvalue weighted by Crippen LogP contribution is -2.30. The molecule has 0 N–H and O–H groups in total. The molecule has 0 bridgehead atoms. The first-order chi connectivity index (χ1) is 10.3. The molecule has 0 aliphatic carbocycles. The monoisotopic (exact) mass is 299 g/mol. The highest BCUT2D eigenvalue weighted by Crippen LogP contribution is 2.18. The van der Waals surface area contributed by atoms with Crippen LogP contribution in [0.4, 0.5) is 0 Å². The van der Waals surface area contributed by atoms with Crippen LogP contribution in [0.15, 0.2) is 37.1 Å². The van der Waals surface area contributed by atoms with Crippen molar-refractivity contribution in [2.45, 2.75) is 19.5 Å². The van der Waals surface area contributed by atoms with E-state index in [1.165, 1.54) is 5.56 Å². The summed E-state index contributed by atoms with van der Waals surface area (Å²) < 4.78 is 1.97. The maximum atomic E-state index is 6.00. The third-order valence-electron chi connectivity index (χ3n) is 3.80. The summed E-state index contributed by atoms with van der Waals surface area (Å²) in [5.74, 6) is 0. The van der Waals surface area contributed by atoms with Crippen molar-refractivity contribution in [3.8, 4) is 0 Å². The normalized spacial score (nSPS) is 15.3. The Bertz CT molecular complexity index is 798. The van der Waals surface area contributed by atoms with Crippen LogP contribution in [0.25, 0.3) is 5.65 Å². The Hall–Kier alpha value is -1.98. The lowest BCUT2D eigenvalue weighted by molar-refractivity contribution is 0.238. The van der Waals surface area contributed by atoms with E-state index in [4.69, 9.17) is 11.6 Å². The van der Waals surface area contributed by atoms with Crippen LogP contribution in [0.2, 0.25) is 5.02 Å². The second-order valence-corrected chi connectivity index (χ2v) is 5.74. The predicted molar refractivity (Wildman–Crippen MR) is 80.1 cm³/mol. The van der Waals surface area contributed by atoms with Crippen molar-refractivity contribution in [2.75, 3.05) is 6.54 Å². The van der Waals surface area contributed by atoms with Gasteiger partial charge in [0.25, 0.3) is 0 Å². The van der Waals surface area contributed by atoms with E-state index in [2.05, 4.69) is 19.9 Å². The van der Waals surface area contributed by atoms with Crippen molar-refractivity contribution in [3.63, 3.8) is 0 Å². The topological polar surface area (TPSA) is 46.3 Å². The summed E-state index contributed by atoms with van der Waals surface area (Å²) in [5.41, 5.74) is 4.36. The Morgan fingerprint density at radius 3 is 3.14 bits per heavy atom. The summed E-state index contributed by atoms with van der Waals surface area (Å²) in [4.78, 5) is 15.4. The van der Waals surface area contributed by atoms with E-state index in [9.17, 15) is 0 Å². The zero-order valence-electron chi connectivity index (χ0n) is 11.4. The Morgan fingerprint density at radius 2 is 2.19 bits per heavy atom. The van der Waals surface area contributed by atoms with Gasteiger partial charge in [-0.1, -0.05) is 11.6 Å². The molecule has 0 fully saturated rings. The number of fused-ring (bicyclic) bond motifs is 2. The first-order valence-corrected chi connectivity index (χ1v) is 7.29. The number of hydrogen-bond acceptors (Lipinski definition) is 4. The smallest absolute Gasteiger partial charge is 0.137 e. The van der Waals surface area contributed by atoms with Crippen LogP contribution in [-0.4, -0.2) is 30.8 Å². The first-order valence-electron chi connectivity index (χ1n) is 6.91. The summed E-state index contributed by atoms with van der Waals surface area (Å²) in [6, 6.07) is 3.80. The molecule has 1 aliphatic heterocycles. The maximum absolute atomic E-state index is 6.00. The van der Waals surface area contributed by atoms with Gasteiger partial charge in [-0.25, -0.2) is 15.0 Å². The van der Waals surface area contributed by atoms with Gasteiger partial charge in [0.05, 0.1) is 16.4 Å². The molecule has 0 saturated heterocycles. The molecule has 4 rings (SSSR count). The highest BCUT2D eigenvalue weighted by molar-refractivity contribution is 6.30. The number of hydrogen-bond donors (Lipinski definition) is 0. The summed E-state index contributed by atoms with van der Waals surface area (Å²) in [6.07, 6.45) is 8.46. The molecule has 6 heteroatoms. The molecule has 21 heavy (non-hydrogen) atoms. The molecule has 3 aromatic heterocycles. The van der Waals surface area contributed by atoms with Gasteiger partial charge in [-0.05, 0) is 24.1 Å². The van der Waals surface area contributed by atoms with Crippen molar-refractivity contribution < 1.29 is 0 Å². The number of pyridine rings is 1. The van der Waals surface area contributed by atoms with Crippen LogP contribution in [0.1, 0.15) is 17.0 Å². The van der Waals surface area contributed by atoms with E-state index >= 15 is 0 Å². The average molecular weight is 300 g/mol. The fourth-order valence-electron chi connectivity index (χ4n) is 2.76. The molecule has 4 heterocycles. The Labute approximate surface area is 127 Å². The van der Waals surface area contributed by atoms with Gasteiger partial charge in [0, 0.05) is 38.2 Å². The average Bonchev–Trinajstić information content (AvgIpc) is 2.88. The fraction of sp³-hybridized carbons (Fsp3) is 0.267. The molecule has 0 atom stereocenters. The van der Waals surface area contributed by atoms with E-state index < -0.39 is 0 Å². The Morgan fingerprint density at radius 1 is 1.24 bits per heavy atom. The van der Waals surface area contributed by atoms with Gasteiger partial charge in [-0.15, -0.1) is 0 Å². The molecule has 0 unspecified atom stereocenters. The van der Waals surface area contributed by atoms with Gasteiger partial charge in [-0.3, -0.25) is 4.90 Å². The number of rotatable bonds is 2. The standard InChI is InChI=1S/C15H14ClN5/c16-12-1-2-15-19-13(8-21(15)6-12)7-20-4-3-11-5-17-10-18-14(11)9-20/h1-2,5-6,8,10H,3-4,7,9H2. The van der Waals surface area contributed by atoms with Crippen LogP contribution in [-0.2, 0) is 19.5 Å². The molecule has 0 spiro atoms. The highest BCUT2D eigenvalue weighted by atomic mass is 35.5. The molecule has 3 aromatic rings. The van der Waals surface area contributed by atoms with Crippen LogP contribution < -0.4 is 0 Å². The van der Waals surface area contributed by atoms with E-state index in [1.54, 1.807) is 6.33 Å². The van der Waals surface area contributed by atoms with Gasteiger partial charge in [-0.2, -0.15) is 0 Å². The molecular formula is C15H14ClN5. The van der Waals surface area contributed by atoms with Crippen molar-refractivity contribution in [2.24, 2.45) is 0 Å². The van der Waals surface area contributed by atoms with Crippen molar-refractivity contribution >= 4 is 17.2 Å². The van der Waals surface area contributed by atoms with Gasteiger partial charge in [0.15, 0.2) is 0 Å². The quantitative estimate of drug-likeness (QED) is 0.729. The Kier molecular flexibility index (Phi) is 3.09. The fourth-order valence-corrected chi connectivity index (χ4v) is 2.93. The van der Waals surface area contributed by atoms with Crippen LogP contribution in [0.5, 0.6) is 0 Å². The number of aromatic nitrogens is 4. The third-order valence-corrected chi connectivity index (χ3v) is 4.03. The molecular weight excluding hydrogens is 286 g/mol. The third kappa shape index (κ3) is 2.50. The minimum atomic E-state index is 0.718. The molecule has 106 valence electrons. The van der Waals surface area contributed by atoms with E-state index in [0.717, 1.165) is 48.1 Å². The second-order valence-electron chi connectivity index (χ2n) is 5.30. The summed E-state index contributed by atoms with van der Waals surface area (Å²) in [5, 5.41) is 0.718. The Balaban J connectivity index is 1.55. The van der Waals surface area contributed by atoms with Crippen LogP contribution in [0, 0.1) is 0 Å². The van der Waals surface area contributed by atoms with E-state index in [1.807, 2.05) is 35.1 Å². The maximum Gasteiger partial charge on any atom is 0.137 e. The number of imidazole rings is 1. The first kappa shape index (κ1) is 12.7. The molecule has 1 aliphatic rings. The van der Waals surface area contributed by atoms with Crippen LogP contribution in [0.3, 0.4) is 0 Å². The minimum absolute atomic E-state index is 0.718. The lowest BCUT2D eigenvalue weighted by atomic mass is 10.1. The van der Waals surface area contributed by atoms with Gasteiger partial charge >= 0.3 is 0 Å². The molecule has 0 aromatic carbocycles. The van der Waals surface area contributed by atoms with Gasteiger partial charge in [0.1, 0.15) is 12.0 Å². The predicted octanol–water partition coefficient (Wildman–Crippen LogP) is 2.34. The molecule has 0 saturated carbocycles. The zero-order chi connectivity index (χ0) is 14.2. The van der Waals surface area contributed by atoms with E-state index in [-0.39, 0.29) is 0 Å². The SMILES string of the molecule is Clc1ccc2nc(CN3CCc4cncnc4C3)cn2c1. The van der Waals surface area contributed by atoms with Crippen LogP contribution >= 0.6 is 11.6 Å².